The highest BCUT2D eigenvalue weighted by Crippen LogP contribution is 2.33. The smallest absolute Gasteiger partial charge is 0.251 e. The fraction of sp³-hybridized carbons (Fsp3) is 0.235. The van der Waals surface area contributed by atoms with Crippen molar-refractivity contribution in [2.75, 3.05) is 31.6 Å². The van der Waals surface area contributed by atoms with Gasteiger partial charge in [-0.05, 0) is 46.9 Å². The molecule has 146 valence electrons. The molecule has 0 spiro atoms. The molecular formula is C17H17F3IN3O3. The lowest BCUT2D eigenvalue weighted by atomic mass is 10.1. The minimum atomic E-state index is -1.41. The molecule has 0 heterocycles. The van der Waals surface area contributed by atoms with E-state index in [2.05, 4.69) is 10.6 Å². The van der Waals surface area contributed by atoms with Gasteiger partial charge in [-0.3, -0.25) is 4.79 Å². The molecule has 5 N–H and O–H groups in total. The van der Waals surface area contributed by atoms with Gasteiger partial charge in [0.2, 0.25) is 5.82 Å². The van der Waals surface area contributed by atoms with E-state index in [1.54, 1.807) is 6.07 Å². The molecule has 0 aliphatic rings. The summed E-state index contributed by atoms with van der Waals surface area (Å²) in [5.74, 6) is -4.99. The molecule has 0 saturated heterocycles. The lowest BCUT2D eigenvalue weighted by Gasteiger charge is -2.16. The van der Waals surface area contributed by atoms with Crippen molar-refractivity contribution in [3.8, 4) is 5.75 Å². The third kappa shape index (κ3) is 5.47. The number of hydrogen-bond acceptors (Lipinski definition) is 5. The minimum absolute atomic E-state index is 0.0346. The van der Waals surface area contributed by atoms with E-state index in [0.29, 0.717) is 10.1 Å². The first-order valence-corrected chi connectivity index (χ1v) is 8.91. The van der Waals surface area contributed by atoms with Gasteiger partial charge >= 0.3 is 0 Å². The molecular weight excluding hydrogens is 478 g/mol. The van der Waals surface area contributed by atoms with Crippen LogP contribution in [0.3, 0.4) is 0 Å². The monoisotopic (exact) mass is 495 g/mol. The Hall–Kier alpha value is -2.05. The summed E-state index contributed by atoms with van der Waals surface area (Å²) in [6, 6.07) is 5.04. The highest BCUT2D eigenvalue weighted by Gasteiger charge is 2.23. The van der Waals surface area contributed by atoms with Gasteiger partial charge in [0.05, 0.1) is 23.5 Å². The van der Waals surface area contributed by atoms with Gasteiger partial charge in [-0.25, -0.2) is 8.78 Å². The Kier molecular flexibility index (Phi) is 7.68. The third-order valence-corrected chi connectivity index (χ3v) is 4.13. The summed E-state index contributed by atoms with van der Waals surface area (Å²) in [6.45, 7) is 0.468. The van der Waals surface area contributed by atoms with Crippen molar-refractivity contribution in [3.63, 3.8) is 0 Å². The molecule has 0 atom stereocenters. The molecule has 0 unspecified atom stereocenters. The largest absolute Gasteiger partial charge is 0.489 e. The number of primary amides is 1. The number of benzene rings is 2. The Morgan fingerprint density at radius 2 is 1.93 bits per heavy atom. The Bertz CT molecular complexity index is 837. The molecule has 2 rings (SSSR count). The van der Waals surface area contributed by atoms with Gasteiger partial charge in [0.25, 0.3) is 5.91 Å². The zero-order chi connectivity index (χ0) is 20.0. The molecule has 2 aromatic rings. The van der Waals surface area contributed by atoms with Crippen LogP contribution in [-0.4, -0.2) is 37.3 Å². The van der Waals surface area contributed by atoms with Crippen molar-refractivity contribution in [1.82, 2.24) is 5.32 Å². The van der Waals surface area contributed by atoms with Crippen molar-refractivity contribution in [2.45, 2.75) is 0 Å². The first-order chi connectivity index (χ1) is 12.8. The maximum Gasteiger partial charge on any atom is 0.251 e. The quantitative estimate of drug-likeness (QED) is 0.317. The predicted molar refractivity (Wildman–Crippen MR) is 103 cm³/mol. The van der Waals surface area contributed by atoms with Crippen molar-refractivity contribution in [1.29, 1.82) is 0 Å². The van der Waals surface area contributed by atoms with Crippen molar-refractivity contribution < 1.29 is 27.8 Å². The van der Waals surface area contributed by atoms with E-state index in [4.69, 9.17) is 15.6 Å². The number of hydrogen-bond donors (Lipinski definition) is 4. The standard InChI is InChI=1S/C17H17F3IN3O3/c18-11-7-9(21)1-2-12(11)24-16-10(17(22)26)8-13(14(19)15(16)20)27-6-4-23-3-5-25/h1-2,7-8,23-25H,3-6H2,(H2,22,26). The second kappa shape index (κ2) is 9.76. The van der Waals surface area contributed by atoms with Crippen LogP contribution >= 0.6 is 22.6 Å². The zero-order valence-electron chi connectivity index (χ0n) is 14.0. The van der Waals surface area contributed by atoms with E-state index in [-0.39, 0.29) is 31.0 Å². The molecule has 0 aromatic heterocycles. The van der Waals surface area contributed by atoms with Crippen LogP contribution < -0.4 is 21.1 Å². The second-order valence-corrected chi connectivity index (χ2v) is 6.61. The Morgan fingerprint density at radius 1 is 1.19 bits per heavy atom. The normalized spacial score (nSPS) is 10.7. The number of rotatable bonds is 9. The maximum absolute atomic E-state index is 14.5. The summed E-state index contributed by atoms with van der Waals surface area (Å²) >= 11 is 1.90. The number of carbonyl (C=O) groups is 1. The lowest BCUT2D eigenvalue weighted by Crippen LogP contribution is -2.24. The summed E-state index contributed by atoms with van der Waals surface area (Å²) in [4.78, 5) is 11.7. The second-order valence-electron chi connectivity index (χ2n) is 5.36. The van der Waals surface area contributed by atoms with Crippen LogP contribution in [0.5, 0.6) is 5.75 Å². The SMILES string of the molecule is NC(=O)c1cc(OCCNCCO)c(F)c(F)c1Nc1ccc(I)cc1F. The van der Waals surface area contributed by atoms with Gasteiger partial charge in [0.15, 0.2) is 11.6 Å². The average Bonchev–Trinajstić information content (AvgIpc) is 2.62. The topological polar surface area (TPSA) is 96.6 Å². The number of aliphatic hydroxyl groups is 1. The molecule has 0 aliphatic heterocycles. The number of anilines is 2. The van der Waals surface area contributed by atoms with Crippen LogP contribution in [0.25, 0.3) is 0 Å². The number of carbonyl (C=O) groups excluding carboxylic acids is 1. The predicted octanol–water partition coefficient (Wildman–Crippen LogP) is 2.51. The van der Waals surface area contributed by atoms with Crippen LogP contribution in [0.15, 0.2) is 24.3 Å². The summed E-state index contributed by atoms with van der Waals surface area (Å²) in [5.41, 5.74) is 4.15. The highest BCUT2D eigenvalue weighted by atomic mass is 127. The molecule has 0 aliphatic carbocycles. The molecule has 0 bridgehead atoms. The van der Waals surface area contributed by atoms with Gasteiger partial charge in [0.1, 0.15) is 12.4 Å². The van der Waals surface area contributed by atoms with Gasteiger partial charge in [-0.1, -0.05) is 0 Å². The van der Waals surface area contributed by atoms with E-state index < -0.39 is 34.8 Å². The molecule has 0 radical (unpaired) electrons. The van der Waals surface area contributed by atoms with Gasteiger partial charge in [-0.2, -0.15) is 4.39 Å². The van der Waals surface area contributed by atoms with Gasteiger partial charge in [0, 0.05) is 16.7 Å². The average molecular weight is 495 g/mol. The van der Waals surface area contributed by atoms with Crippen molar-refractivity contribution in [2.24, 2.45) is 5.73 Å². The molecule has 6 nitrogen and oxygen atoms in total. The van der Waals surface area contributed by atoms with Crippen LogP contribution in [-0.2, 0) is 0 Å². The number of amides is 1. The first-order valence-electron chi connectivity index (χ1n) is 7.83. The van der Waals surface area contributed by atoms with Crippen LogP contribution in [0.4, 0.5) is 24.5 Å². The molecule has 0 saturated carbocycles. The van der Waals surface area contributed by atoms with Crippen molar-refractivity contribution >= 4 is 39.9 Å². The van der Waals surface area contributed by atoms with E-state index in [0.717, 1.165) is 6.07 Å². The Morgan fingerprint density at radius 3 is 2.56 bits per heavy atom. The summed E-state index contributed by atoms with van der Waals surface area (Å²) in [5, 5.41) is 13.8. The maximum atomic E-state index is 14.5. The molecule has 0 fully saturated rings. The van der Waals surface area contributed by atoms with Gasteiger partial charge < -0.3 is 26.2 Å². The Balaban J connectivity index is 2.31. The fourth-order valence-electron chi connectivity index (χ4n) is 2.19. The van der Waals surface area contributed by atoms with E-state index >= 15 is 0 Å². The summed E-state index contributed by atoms with van der Waals surface area (Å²) < 4.78 is 48.5. The summed E-state index contributed by atoms with van der Waals surface area (Å²) in [6.07, 6.45) is 0. The number of nitrogens with one attached hydrogen (secondary N) is 2. The number of halogens is 4. The molecule has 1 amide bonds. The number of nitrogens with two attached hydrogens (primary N) is 1. The third-order valence-electron chi connectivity index (χ3n) is 3.45. The van der Waals surface area contributed by atoms with E-state index in [1.807, 2.05) is 22.6 Å². The highest BCUT2D eigenvalue weighted by molar-refractivity contribution is 14.1. The number of ether oxygens (including phenoxy) is 1. The fourth-order valence-corrected chi connectivity index (χ4v) is 2.64. The zero-order valence-corrected chi connectivity index (χ0v) is 16.1. The molecule has 27 heavy (non-hydrogen) atoms. The van der Waals surface area contributed by atoms with Crippen molar-refractivity contribution in [3.05, 3.63) is 50.9 Å². The van der Waals surface area contributed by atoms with Crippen LogP contribution in [0, 0.1) is 21.0 Å². The van der Waals surface area contributed by atoms with Crippen LogP contribution in [0.2, 0.25) is 0 Å². The number of aliphatic hydroxyl groups excluding tert-OH is 1. The Labute approximate surface area is 167 Å². The van der Waals surface area contributed by atoms with E-state index in [9.17, 15) is 18.0 Å². The lowest BCUT2D eigenvalue weighted by molar-refractivity contribution is 0.1000. The molecule has 2 aromatic carbocycles. The van der Waals surface area contributed by atoms with E-state index in [1.165, 1.54) is 12.1 Å². The first kappa shape index (κ1) is 21.3. The van der Waals surface area contributed by atoms with Crippen LogP contribution in [0.1, 0.15) is 10.4 Å². The molecule has 10 heteroatoms. The van der Waals surface area contributed by atoms with Gasteiger partial charge in [-0.15, -0.1) is 0 Å². The summed E-state index contributed by atoms with van der Waals surface area (Å²) in [7, 11) is 0. The minimum Gasteiger partial charge on any atom is -0.489 e.